The van der Waals surface area contributed by atoms with Gasteiger partial charge in [-0.2, -0.15) is 0 Å². The van der Waals surface area contributed by atoms with Crippen LogP contribution in [0.15, 0.2) is 30.3 Å². The number of benzene rings is 1. The van der Waals surface area contributed by atoms with E-state index in [9.17, 15) is 19.2 Å². The lowest BCUT2D eigenvalue weighted by Crippen LogP contribution is -2.40. The van der Waals surface area contributed by atoms with Crippen molar-refractivity contribution in [2.24, 2.45) is 5.73 Å². The second-order valence-electron chi connectivity index (χ2n) is 7.00. The first-order valence-corrected chi connectivity index (χ1v) is 10.4. The largest absolute Gasteiger partial charge is 0.454 e. The number of fused-ring (bicyclic) bond motifs is 1. The number of aryl methyl sites for hydroxylation is 1. The van der Waals surface area contributed by atoms with Gasteiger partial charge in [-0.15, -0.1) is 11.3 Å². The summed E-state index contributed by atoms with van der Waals surface area (Å²) < 4.78 is 5.00. The highest BCUT2D eigenvalue weighted by molar-refractivity contribution is 7.17. The van der Waals surface area contributed by atoms with Gasteiger partial charge in [-0.25, -0.2) is 4.79 Å². The molecule has 9 heteroatoms. The number of hydrogen-bond donors (Lipinski definition) is 3. The van der Waals surface area contributed by atoms with Crippen molar-refractivity contribution in [3.8, 4) is 0 Å². The Hall–Kier alpha value is -3.20. The van der Waals surface area contributed by atoms with Crippen LogP contribution in [0.2, 0.25) is 0 Å². The van der Waals surface area contributed by atoms with E-state index in [0.29, 0.717) is 16.1 Å². The third-order valence-corrected chi connectivity index (χ3v) is 5.96. The number of hydrogen-bond acceptors (Lipinski definition) is 6. The Labute approximate surface area is 177 Å². The molecular weight excluding hydrogens is 406 g/mol. The number of nitrogens with two attached hydrogens (primary N) is 1. The highest BCUT2D eigenvalue weighted by Crippen LogP contribution is 2.37. The van der Waals surface area contributed by atoms with Crippen molar-refractivity contribution in [1.82, 2.24) is 5.32 Å². The van der Waals surface area contributed by atoms with E-state index in [4.69, 9.17) is 10.5 Å². The third kappa shape index (κ3) is 5.04. The zero-order valence-electron chi connectivity index (χ0n) is 16.5. The SMILES string of the molecule is C[C@H](NC(=O)c1ccccc1)C(=O)OCC(=O)Nc1sc2c(c1C(N)=O)CCCC2. The molecule has 30 heavy (non-hydrogen) atoms. The van der Waals surface area contributed by atoms with Crippen LogP contribution in [0.4, 0.5) is 5.00 Å². The maximum Gasteiger partial charge on any atom is 0.328 e. The van der Waals surface area contributed by atoms with Gasteiger partial charge in [-0.05, 0) is 50.3 Å². The van der Waals surface area contributed by atoms with Gasteiger partial charge in [0.25, 0.3) is 17.7 Å². The van der Waals surface area contributed by atoms with Gasteiger partial charge in [-0.3, -0.25) is 14.4 Å². The van der Waals surface area contributed by atoms with Crippen molar-refractivity contribution in [3.05, 3.63) is 51.9 Å². The number of carbonyl (C=O) groups is 4. The molecule has 0 unspecified atom stereocenters. The minimum atomic E-state index is -0.930. The Morgan fingerprint density at radius 3 is 2.53 bits per heavy atom. The summed E-state index contributed by atoms with van der Waals surface area (Å²) in [6, 6.07) is 7.52. The average molecular weight is 429 g/mol. The molecule has 1 aliphatic carbocycles. The molecule has 0 saturated carbocycles. The lowest BCUT2D eigenvalue weighted by Gasteiger charge is -2.13. The number of nitrogens with one attached hydrogen (secondary N) is 2. The van der Waals surface area contributed by atoms with Crippen LogP contribution in [-0.4, -0.2) is 36.3 Å². The van der Waals surface area contributed by atoms with E-state index in [2.05, 4.69) is 10.6 Å². The normalized spacial score (nSPS) is 13.6. The first kappa shape index (κ1) is 21.5. The molecule has 0 fully saturated rings. The van der Waals surface area contributed by atoms with Crippen LogP contribution < -0.4 is 16.4 Å². The lowest BCUT2D eigenvalue weighted by molar-refractivity contribution is -0.148. The minimum Gasteiger partial charge on any atom is -0.454 e. The number of amides is 3. The molecule has 158 valence electrons. The summed E-state index contributed by atoms with van der Waals surface area (Å²) in [5, 5.41) is 5.54. The molecule has 1 heterocycles. The molecule has 1 aromatic heterocycles. The van der Waals surface area contributed by atoms with Crippen LogP contribution in [0.1, 0.15) is 50.9 Å². The van der Waals surface area contributed by atoms with Crippen LogP contribution in [0.3, 0.4) is 0 Å². The van der Waals surface area contributed by atoms with E-state index in [1.165, 1.54) is 18.3 Å². The van der Waals surface area contributed by atoms with E-state index in [0.717, 1.165) is 36.1 Å². The van der Waals surface area contributed by atoms with E-state index >= 15 is 0 Å². The molecule has 1 atom stereocenters. The zero-order valence-corrected chi connectivity index (χ0v) is 17.3. The molecular formula is C21H23N3O5S. The molecule has 3 amide bonds. The molecule has 3 rings (SSSR count). The second kappa shape index (κ2) is 9.53. The highest BCUT2D eigenvalue weighted by Gasteiger charge is 2.25. The Kier molecular flexibility index (Phi) is 6.83. The number of esters is 1. The maximum atomic E-state index is 12.2. The Morgan fingerprint density at radius 1 is 1.13 bits per heavy atom. The van der Waals surface area contributed by atoms with E-state index in [1.807, 2.05) is 0 Å². The molecule has 0 saturated heterocycles. The third-order valence-electron chi connectivity index (χ3n) is 4.75. The van der Waals surface area contributed by atoms with Gasteiger partial charge >= 0.3 is 5.97 Å². The molecule has 0 spiro atoms. The van der Waals surface area contributed by atoms with Crippen molar-refractivity contribution in [2.75, 3.05) is 11.9 Å². The van der Waals surface area contributed by atoms with Crippen molar-refractivity contribution < 1.29 is 23.9 Å². The van der Waals surface area contributed by atoms with Crippen LogP contribution in [-0.2, 0) is 27.2 Å². The number of carbonyl (C=O) groups excluding carboxylic acids is 4. The first-order chi connectivity index (χ1) is 14.4. The monoisotopic (exact) mass is 429 g/mol. The lowest BCUT2D eigenvalue weighted by atomic mass is 9.95. The average Bonchev–Trinajstić information content (AvgIpc) is 3.10. The van der Waals surface area contributed by atoms with Gasteiger partial charge in [0.15, 0.2) is 6.61 Å². The Bertz CT molecular complexity index is 971. The molecule has 0 aliphatic heterocycles. The standard InChI is InChI=1S/C21H23N3O5S/c1-12(23-19(27)13-7-3-2-4-8-13)21(28)29-11-16(25)24-20-17(18(22)26)14-9-5-6-10-15(14)30-20/h2-4,7-8,12H,5-6,9-11H2,1H3,(H2,22,26)(H,23,27)(H,24,25)/t12-/m0/s1. The van der Waals surface area contributed by atoms with Crippen LogP contribution in [0, 0.1) is 0 Å². The fourth-order valence-electron chi connectivity index (χ4n) is 3.27. The van der Waals surface area contributed by atoms with Crippen LogP contribution >= 0.6 is 11.3 Å². The molecule has 1 aromatic carbocycles. The first-order valence-electron chi connectivity index (χ1n) is 9.63. The van der Waals surface area contributed by atoms with E-state index in [1.54, 1.807) is 30.3 Å². The summed E-state index contributed by atoms with van der Waals surface area (Å²) in [6.07, 6.45) is 3.61. The smallest absolute Gasteiger partial charge is 0.328 e. The minimum absolute atomic E-state index is 0.345. The number of anilines is 1. The fourth-order valence-corrected chi connectivity index (χ4v) is 4.58. The zero-order chi connectivity index (χ0) is 21.7. The molecule has 1 aliphatic rings. The summed E-state index contributed by atoms with van der Waals surface area (Å²) in [6.45, 7) is 0.935. The highest BCUT2D eigenvalue weighted by atomic mass is 32.1. The number of primary amides is 1. The summed E-state index contributed by atoms with van der Waals surface area (Å²) in [5.41, 5.74) is 7.17. The van der Waals surface area contributed by atoms with Gasteiger partial charge in [0.05, 0.1) is 5.56 Å². The van der Waals surface area contributed by atoms with Crippen LogP contribution in [0.25, 0.3) is 0 Å². The molecule has 0 bridgehead atoms. The van der Waals surface area contributed by atoms with Crippen LogP contribution in [0.5, 0.6) is 0 Å². The maximum absolute atomic E-state index is 12.2. The number of ether oxygens (including phenoxy) is 1. The van der Waals surface area contributed by atoms with Gasteiger partial charge < -0.3 is 21.1 Å². The number of rotatable bonds is 7. The van der Waals surface area contributed by atoms with Gasteiger partial charge in [0.1, 0.15) is 11.0 Å². The van der Waals surface area contributed by atoms with Crippen molar-refractivity contribution >= 4 is 40.0 Å². The topological polar surface area (TPSA) is 128 Å². The predicted molar refractivity (Wildman–Crippen MR) is 112 cm³/mol. The molecule has 0 radical (unpaired) electrons. The summed E-state index contributed by atoms with van der Waals surface area (Å²) in [7, 11) is 0. The number of thiophene rings is 1. The fraction of sp³-hybridized carbons (Fsp3) is 0.333. The Balaban J connectivity index is 1.54. The molecule has 4 N–H and O–H groups in total. The summed E-state index contributed by atoms with van der Waals surface area (Å²) >= 11 is 1.33. The van der Waals surface area contributed by atoms with Crippen molar-refractivity contribution in [1.29, 1.82) is 0 Å². The predicted octanol–water partition coefficient (Wildman–Crippen LogP) is 2.03. The van der Waals surface area contributed by atoms with Gasteiger partial charge in [0.2, 0.25) is 0 Å². The van der Waals surface area contributed by atoms with Gasteiger partial charge in [0, 0.05) is 10.4 Å². The van der Waals surface area contributed by atoms with Crippen molar-refractivity contribution in [3.63, 3.8) is 0 Å². The summed E-state index contributed by atoms with van der Waals surface area (Å²) in [5.74, 6) is -2.32. The van der Waals surface area contributed by atoms with Gasteiger partial charge in [-0.1, -0.05) is 18.2 Å². The molecule has 8 nitrogen and oxygen atoms in total. The summed E-state index contributed by atoms with van der Waals surface area (Å²) in [4.78, 5) is 49.4. The Morgan fingerprint density at radius 2 is 1.83 bits per heavy atom. The van der Waals surface area contributed by atoms with Crippen molar-refractivity contribution in [2.45, 2.75) is 38.6 Å². The van der Waals surface area contributed by atoms with E-state index < -0.39 is 36.3 Å². The molecule has 2 aromatic rings. The second-order valence-corrected chi connectivity index (χ2v) is 8.10. The quantitative estimate of drug-likeness (QED) is 0.580. The van der Waals surface area contributed by atoms with E-state index in [-0.39, 0.29) is 0 Å².